The summed E-state index contributed by atoms with van der Waals surface area (Å²) in [5.74, 6) is 0.203. The Balaban J connectivity index is 1.47. The van der Waals surface area contributed by atoms with Gasteiger partial charge in [0.1, 0.15) is 11.6 Å². The van der Waals surface area contributed by atoms with E-state index < -0.39 is 0 Å². The average molecular weight is 349 g/mol. The number of aromatic nitrogens is 1. The van der Waals surface area contributed by atoms with Crippen molar-refractivity contribution in [3.63, 3.8) is 0 Å². The van der Waals surface area contributed by atoms with Gasteiger partial charge in [-0.3, -0.25) is 4.79 Å². The van der Waals surface area contributed by atoms with E-state index in [-0.39, 0.29) is 18.1 Å². The quantitative estimate of drug-likeness (QED) is 0.676. The van der Waals surface area contributed by atoms with Crippen molar-refractivity contribution in [2.24, 2.45) is 0 Å². The van der Waals surface area contributed by atoms with E-state index in [9.17, 15) is 9.18 Å². The van der Waals surface area contributed by atoms with E-state index in [1.54, 1.807) is 24.4 Å². The maximum atomic E-state index is 13.2. The molecule has 3 rings (SSSR count). The molecule has 2 aromatic carbocycles. The van der Waals surface area contributed by atoms with Gasteiger partial charge < -0.3 is 10.6 Å². The van der Waals surface area contributed by atoms with Gasteiger partial charge in [0, 0.05) is 6.54 Å². The lowest BCUT2D eigenvalue weighted by Crippen LogP contribution is -2.15. The number of benzene rings is 2. The van der Waals surface area contributed by atoms with Crippen LogP contribution < -0.4 is 10.6 Å². The van der Waals surface area contributed by atoms with Gasteiger partial charge in [-0.15, -0.1) is 0 Å². The third-order valence-electron chi connectivity index (χ3n) is 3.86. The van der Waals surface area contributed by atoms with Crippen molar-refractivity contribution in [2.45, 2.75) is 12.8 Å². The van der Waals surface area contributed by atoms with Crippen molar-refractivity contribution < 1.29 is 9.18 Å². The van der Waals surface area contributed by atoms with Crippen molar-refractivity contribution in [3.05, 3.63) is 89.9 Å². The van der Waals surface area contributed by atoms with Crippen LogP contribution in [0.15, 0.2) is 72.9 Å². The van der Waals surface area contributed by atoms with Gasteiger partial charge in [0.25, 0.3) is 0 Å². The average Bonchev–Trinajstić information content (AvgIpc) is 2.64. The van der Waals surface area contributed by atoms with Crippen LogP contribution in [0.4, 0.5) is 15.9 Å². The molecule has 2 N–H and O–H groups in total. The number of hydrogen-bond acceptors (Lipinski definition) is 3. The number of halogens is 1. The first-order valence-corrected chi connectivity index (χ1v) is 8.47. The molecule has 0 aliphatic rings. The zero-order valence-electron chi connectivity index (χ0n) is 14.3. The number of carbonyl (C=O) groups is 1. The maximum absolute atomic E-state index is 13.2. The van der Waals surface area contributed by atoms with Gasteiger partial charge in [-0.05, 0) is 41.8 Å². The van der Waals surface area contributed by atoms with Crippen LogP contribution in [0.1, 0.15) is 11.1 Å². The summed E-state index contributed by atoms with van der Waals surface area (Å²) >= 11 is 0. The second-order valence-electron chi connectivity index (χ2n) is 5.95. The molecule has 0 saturated carbocycles. The van der Waals surface area contributed by atoms with Crippen LogP contribution in [0.25, 0.3) is 0 Å². The molecular formula is C21H20FN3O. The Bertz CT molecular complexity index is 851. The molecular weight excluding hydrogens is 329 g/mol. The molecule has 1 aromatic heterocycles. The summed E-state index contributed by atoms with van der Waals surface area (Å²) in [5.41, 5.74) is 2.51. The fraction of sp³-hybridized carbons (Fsp3) is 0.143. The number of nitrogens with one attached hydrogen (secondary N) is 2. The first-order valence-electron chi connectivity index (χ1n) is 8.47. The molecule has 5 heteroatoms. The summed E-state index contributed by atoms with van der Waals surface area (Å²) in [5, 5.41) is 6.02. The van der Waals surface area contributed by atoms with Crippen molar-refractivity contribution in [2.75, 3.05) is 17.2 Å². The SMILES string of the molecule is O=C(Cc1cccc(F)c1)Nc1ccc(NCCc2ccccc2)nc1. The number of amides is 1. The number of nitrogens with zero attached hydrogens (tertiary/aromatic N) is 1. The minimum atomic E-state index is -0.345. The molecule has 0 saturated heterocycles. The van der Waals surface area contributed by atoms with Crippen LogP contribution in [-0.2, 0) is 17.6 Å². The molecule has 0 unspecified atom stereocenters. The van der Waals surface area contributed by atoms with E-state index in [2.05, 4.69) is 27.8 Å². The van der Waals surface area contributed by atoms with Crippen molar-refractivity contribution in [3.8, 4) is 0 Å². The molecule has 0 aliphatic heterocycles. The third kappa shape index (κ3) is 5.41. The van der Waals surface area contributed by atoms with E-state index in [0.717, 1.165) is 18.8 Å². The van der Waals surface area contributed by atoms with Crippen LogP contribution in [0.2, 0.25) is 0 Å². The molecule has 1 amide bonds. The zero-order chi connectivity index (χ0) is 18.2. The monoisotopic (exact) mass is 349 g/mol. The number of carbonyl (C=O) groups excluding carboxylic acids is 1. The molecule has 0 fully saturated rings. The predicted molar refractivity (Wildman–Crippen MR) is 102 cm³/mol. The van der Waals surface area contributed by atoms with E-state index in [1.807, 2.05) is 24.3 Å². The number of anilines is 2. The Labute approximate surface area is 152 Å². The second-order valence-corrected chi connectivity index (χ2v) is 5.95. The van der Waals surface area contributed by atoms with Gasteiger partial charge in [-0.1, -0.05) is 42.5 Å². The zero-order valence-corrected chi connectivity index (χ0v) is 14.3. The minimum absolute atomic E-state index is 0.120. The highest BCUT2D eigenvalue weighted by Gasteiger charge is 2.05. The molecule has 0 spiro atoms. The lowest BCUT2D eigenvalue weighted by Gasteiger charge is -2.08. The molecule has 1 heterocycles. The van der Waals surface area contributed by atoms with Gasteiger partial charge in [0.05, 0.1) is 18.3 Å². The normalized spacial score (nSPS) is 10.3. The fourth-order valence-electron chi connectivity index (χ4n) is 2.59. The van der Waals surface area contributed by atoms with Gasteiger partial charge in [-0.2, -0.15) is 0 Å². The second kappa shape index (κ2) is 8.76. The summed E-state index contributed by atoms with van der Waals surface area (Å²) in [6.45, 7) is 0.780. The maximum Gasteiger partial charge on any atom is 0.228 e. The molecule has 0 atom stereocenters. The Morgan fingerprint density at radius 1 is 0.962 bits per heavy atom. The van der Waals surface area contributed by atoms with E-state index in [0.29, 0.717) is 11.3 Å². The van der Waals surface area contributed by atoms with Crippen molar-refractivity contribution in [1.29, 1.82) is 0 Å². The molecule has 26 heavy (non-hydrogen) atoms. The van der Waals surface area contributed by atoms with Crippen LogP contribution >= 0.6 is 0 Å². The predicted octanol–water partition coefficient (Wildman–Crippen LogP) is 4.06. The van der Waals surface area contributed by atoms with Crippen molar-refractivity contribution in [1.82, 2.24) is 4.98 Å². The van der Waals surface area contributed by atoms with Gasteiger partial charge in [0.2, 0.25) is 5.91 Å². The first-order chi connectivity index (χ1) is 12.7. The summed E-state index contributed by atoms with van der Waals surface area (Å²) in [6.07, 6.45) is 2.64. The Morgan fingerprint density at radius 3 is 2.50 bits per heavy atom. The lowest BCUT2D eigenvalue weighted by atomic mass is 10.1. The van der Waals surface area contributed by atoms with Crippen LogP contribution in [0.5, 0.6) is 0 Å². The van der Waals surface area contributed by atoms with Crippen LogP contribution in [-0.4, -0.2) is 17.4 Å². The molecule has 0 aliphatic carbocycles. The first kappa shape index (κ1) is 17.6. The Hall–Kier alpha value is -3.21. The van der Waals surface area contributed by atoms with E-state index in [4.69, 9.17) is 0 Å². The summed E-state index contributed by atoms with van der Waals surface area (Å²) in [4.78, 5) is 16.3. The molecule has 0 radical (unpaired) electrons. The molecule has 3 aromatic rings. The van der Waals surface area contributed by atoms with Crippen LogP contribution in [0, 0.1) is 5.82 Å². The highest BCUT2D eigenvalue weighted by Crippen LogP contribution is 2.11. The number of pyridine rings is 1. The van der Waals surface area contributed by atoms with E-state index in [1.165, 1.54) is 17.7 Å². The van der Waals surface area contributed by atoms with Crippen molar-refractivity contribution >= 4 is 17.4 Å². The Morgan fingerprint density at radius 2 is 1.77 bits per heavy atom. The highest BCUT2D eigenvalue weighted by molar-refractivity contribution is 5.92. The number of hydrogen-bond donors (Lipinski definition) is 2. The molecule has 0 bridgehead atoms. The summed E-state index contributed by atoms with van der Waals surface area (Å²) < 4.78 is 13.2. The van der Waals surface area contributed by atoms with Crippen LogP contribution in [0.3, 0.4) is 0 Å². The summed E-state index contributed by atoms with van der Waals surface area (Å²) in [6, 6.07) is 19.9. The van der Waals surface area contributed by atoms with Gasteiger partial charge in [-0.25, -0.2) is 9.37 Å². The largest absolute Gasteiger partial charge is 0.370 e. The smallest absolute Gasteiger partial charge is 0.228 e. The van der Waals surface area contributed by atoms with E-state index >= 15 is 0 Å². The highest BCUT2D eigenvalue weighted by atomic mass is 19.1. The minimum Gasteiger partial charge on any atom is -0.370 e. The standard InChI is InChI=1S/C21H20FN3O/c22-18-8-4-7-17(13-18)14-21(26)25-19-9-10-20(24-15-19)23-12-11-16-5-2-1-3-6-16/h1-10,13,15H,11-12,14H2,(H,23,24)(H,25,26). The Kier molecular flexibility index (Phi) is 5.93. The topological polar surface area (TPSA) is 54.0 Å². The molecule has 132 valence electrons. The molecule has 4 nitrogen and oxygen atoms in total. The van der Waals surface area contributed by atoms with Gasteiger partial charge >= 0.3 is 0 Å². The fourth-order valence-corrected chi connectivity index (χ4v) is 2.59. The number of rotatable bonds is 7. The lowest BCUT2D eigenvalue weighted by molar-refractivity contribution is -0.115. The van der Waals surface area contributed by atoms with Gasteiger partial charge in [0.15, 0.2) is 0 Å². The summed E-state index contributed by atoms with van der Waals surface area (Å²) in [7, 11) is 0. The third-order valence-corrected chi connectivity index (χ3v) is 3.86.